The number of carbonyl (C=O) groups excluding carboxylic acids is 1. The van der Waals surface area contributed by atoms with E-state index in [-0.39, 0.29) is 35.6 Å². The molecule has 3 heterocycles. The molecule has 1 saturated heterocycles. The van der Waals surface area contributed by atoms with E-state index in [1.54, 1.807) is 13.1 Å². The SMILES string of the molecule is CN(C(=O)Cn1cnc2sc(-c3ccccc3)cc2c1=O)C1CCS(=O)(=O)C1. The van der Waals surface area contributed by atoms with E-state index in [1.807, 2.05) is 30.3 Å². The Balaban J connectivity index is 1.58. The minimum absolute atomic E-state index is 0.0214. The van der Waals surface area contributed by atoms with E-state index >= 15 is 0 Å². The van der Waals surface area contributed by atoms with Gasteiger partial charge in [-0.25, -0.2) is 13.4 Å². The molecule has 2 aromatic heterocycles. The van der Waals surface area contributed by atoms with Gasteiger partial charge in [-0.2, -0.15) is 0 Å². The van der Waals surface area contributed by atoms with Crippen LogP contribution in [0.4, 0.5) is 0 Å². The first-order chi connectivity index (χ1) is 13.3. The number of fused-ring (bicyclic) bond motifs is 1. The van der Waals surface area contributed by atoms with Gasteiger partial charge in [0.05, 0.1) is 23.2 Å². The number of benzene rings is 1. The quantitative estimate of drug-likeness (QED) is 0.645. The fourth-order valence-corrected chi connectivity index (χ4v) is 6.13. The van der Waals surface area contributed by atoms with E-state index in [0.717, 1.165) is 10.4 Å². The molecule has 1 amide bonds. The molecule has 3 aromatic rings. The van der Waals surface area contributed by atoms with Crippen molar-refractivity contribution in [3.05, 3.63) is 53.1 Å². The third-order valence-corrected chi connectivity index (χ3v) is 7.87. The molecule has 0 N–H and O–H groups in total. The zero-order chi connectivity index (χ0) is 19.9. The average Bonchev–Trinajstić information content (AvgIpc) is 3.28. The lowest BCUT2D eigenvalue weighted by atomic mass is 10.2. The Morgan fingerprint density at radius 1 is 1.32 bits per heavy atom. The van der Waals surface area contributed by atoms with Gasteiger partial charge in [-0.15, -0.1) is 11.3 Å². The third kappa shape index (κ3) is 3.59. The number of sulfone groups is 1. The Hall–Kier alpha value is -2.52. The predicted octanol–water partition coefficient (Wildman–Crippen LogP) is 1.77. The molecule has 0 saturated carbocycles. The molecule has 4 rings (SSSR count). The lowest BCUT2D eigenvalue weighted by molar-refractivity contribution is -0.132. The van der Waals surface area contributed by atoms with Crippen molar-refractivity contribution in [2.45, 2.75) is 19.0 Å². The number of rotatable bonds is 4. The van der Waals surface area contributed by atoms with E-state index < -0.39 is 9.84 Å². The van der Waals surface area contributed by atoms with Crippen molar-refractivity contribution in [1.82, 2.24) is 14.5 Å². The lowest BCUT2D eigenvalue weighted by Crippen LogP contribution is -2.41. The third-order valence-electron chi connectivity index (χ3n) is 5.03. The summed E-state index contributed by atoms with van der Waals surface area (Å²) in [7, 11) is -1.49. The second-order valence-electron chi connectivity index (χ2n) is 6.93. The van der Waals surface area contributed by atoms with Gasteiger partial charge in [-0.05, 0) is 18.1 Å². The first-order valence-corrected chi connectivity index (χ1v) is 11.5. The van der Waals surface area contributed by atoms with E-state index in [4.69, 9.17) is 0 Å². The summed E-state index contributed by atoms with van der Waals surface area (Å²) in [5.74, 6) is -0.226. The van der Waals surface area contributed by atoms with Gasteiger partial charge in [0.2, 0.25) is 5.91 Å². The van der Waals surface area contributed by atoms with Gasteiger partial charge in [-0.1, -0.05) is 30.3 Å². The molecule has 1 aliphatic heterocycles. The van der Waals surface area contributed by atoms with Gasteiger partial charge in [0.1, 0.15) is 11.4 Å². The minimum atomic E-state index is -3.08. The average molecular weight is 418 g/mol. The summed E-state index contributed by atoms with van der Waals surface area (Å²) in [6.45, 7) is -0.161. The second-order valence-corrected chi connectivity index (χ2v) is 10.2. The fourth-order valence-electron chi connectivity index (χ4n) is 3.36. The molecule has 9 heteroatoms. The maximum absolute atomic E-state index is 12.8. The molecule has 0 aliphatic carbocycles. The number of thiophene rings is 1. The second kappa shape index (κ2) is 7.14. The lowest BCUT2D eigenvalue weighted by Gasteiger charge is -2.23. The molecule has 1 unspecified atom stereocenters. The smallest absolute Gasteiger partial charge is 0.262 e. The number of aromatic nitrogens is 2. The van der Waals surface area contributed by atoms with E-state index in [0.29, 0.717) is 16.6 Å². The summed E-state index contributed by atoms with van der Waals surface area (Å²) in [6.07, 6.45) is 1.81. The highest BCUT2D eigenvalue weighted by Crippen LogP contribution is 2.30. The van der Waals surface area contributed by atoms with Gasteiger partial charge < -0.3 is 4.90 Å². The van der Waals surface area contributed by atoms with Crippen LogP contribution in [0.1, 0.15) is 6.42 Å². The van der Waals surface area contributed by atoms with Crippen LogP contribution < -0.4 is 5.56 Å². The summed E-state index contributed by atoms with van der Waals surface area (Å²) in [4.78, 5) is 32.7. The molecule has 28 heavy (non-hydrogen) atoms. The summed E-state index contributed by atoms with van der Waals surface area (Å²) in [5, 5.41) is 0.477. The topological polar surface area (TPSA) is 89.3 Å². The van der Waals surface area contributed by atoms with Gasteiger partial charge in [0.25, 0.3) is 5.56 Å². The van der Waals surface area contributed by atoms with Crippen molar-refractivity contribution in [3.8, 4) is 10.4 Å². The monoisotopic (exact) mass is 417 g/mol. The summed E-state index contributed by atoms with van der Waals surface area (Å²) in [5.41, 5.74) is 0.735. The number of carbonyl (C=O) groups is 1. The van der Waals surface area contributed by atoms with Crippen LogP contribution in [0, 0.1) is 0 Å². The maximum atomic E-state index is 12.8. The highest BCUT2D eigenvalue weighted by molar-refractivity contribution is 7.91. The van der Waals surface area contributed by atoms with Crippen LogP contribution in [0.2, 0.25) is 0 Å². The molecule has 1 aliphatic rings. The van der Waals surface area contributed by atoms with Gasteiger partial charge in [0, 0.05) is 18.0 Å². The maximum Gasteiger partial charge on any atom is 0.262 e. The van der Waals surface area contributed by atoms with Crippen molar-refractivity contribution < 1.29 is 13.2 Å². The number of likely N-dealkylation sites (N-methyl/N-ethyl adjacent to an activating group) is 1. The van der Waals surface area contributed by atoms with Crippen LogP contribution in [-0.2, 0) is 21.2 Å². The van der Waals surface area contributed by atoms with Crippen LogP contribution in [0.15, 0.2) is 47.5 Å². The number of hydrogen-bond donors (Lipinski definition) is 0. The van der Waals surface area contributed by atoms with Crippen molar-refractivity contribution in [3.63, 3.8) is 0 Å². The van der Waals surface area contributed by atoms with Crippen molar-refractivity contribution in [2.75, 3.05) is 18.6 Å². The first-order valence-electron chi connectivity index (χ1n) is 8.84. The molecule has 1 fully saturated rings. The Bertz CT molecular complexity index is 1200. The molecule has 1 aromatic carbocycles. The van der Waals surface area contributed by atoms with Gasteiger partial charge >= 0.3 is 0 Å². The highest BCUT2D eigenvalue weighted by Gasteiger charge is 2.32. The standard InChI is InChI=1S/C19H19N3O4S2/c1-21(14-7-8-28(25,26)11-14)17(23)10-22-12-20-18-15(19(22)24)9-16(27-18)13-5-3-2-4-6-13/h2-6,9,12,14H,7-8,10-11H2,1H3. The van der Waals surface area contributed by atoms with Crippen LogP contribution in [0.3, 0.4) is 0 Å². The summed E-state index contributed by atoms with van der Waals surface area (Å²) < 4.78 is 24.6. The fraction of sp³-hybridized carbons (Fsp3) is 0.316. The van der Waals surface area contributed by atoms with Crippen LogP contribution in [0.5, 0.6) is 0 Å². The number of hydrogen-bond acceptors (Lipinski definition) is 6. The van der Waals surface area contributed by atoms with Crippen LogP contribution in [-0.4, -0.2) is 53.4 Å². The molecule has 0 radical (unpaired) electrons. The van der Waals surface area contributed by atoms with Crippen molar-refractivity contribution >= 4 is 37.3 Å². The van der Waals surface area contributed by atoms with Crippen molar-refractivity contribution in [1.29, 1.82) is 0 Å². The van der Waals surface area contributed by atoms with E-state index in [1.165, 1.54) is 27.1 Å². The molecule has 7 nitrogen and oxygen atoms in total. The van der Waals surface area contributed by atoms with Crippen LogP contribution >= 0.6 is 11.3 Å². The first kappa shape index (κ1) is 18.8. The minimum Gasteiger partial charge on any atom is -0.340 e. The summed E-state index contributed by atoms with van der Waals surface area (Å²) >= 11 is 1.43. The largest absolute Gasteiger partial charge is 0.340 e. The normalized spacial score (nSPS) is 18.4. The van der Waals surface area contributed by atoms with Crippen molar-refractivity contribution in [2.24, 2.45) is 0 Å². The van der Waals surface area contributed by atoms with Crippen LogP contribution in [0.25, 0.3) is 20.7 Å². The Morgan fingerprint density at radius 3 is 2.75 bits per heavy atom. The molecular weight excluding hydrogens is 398 g/mol. The molecule has 1 atom stereocenters. The molecule has 0 spiro atoms. The summed E-state index contributed by atoms with van der Waals surface area (Å²) in [6, 6.07) is 11.2. The number of nitrogens with zero attached hydrogens (tertiary/aromatic N) is 3. The zero-order valence-electron chi connectivity index (χ0n) is 15.2. The van der Waals surface area contributed by atoms with E-state index in [9.17, 15) is 18.0 Å². The number of amides is 1. The Kier molecular flexibility index (Phi) is 4.80. The Morgan fingerprint density at radius 2 is 2.07 bits per heavy atom. The molecular formula is C19H19N3O4S2. The van der Waals surface area contributed by atoms with E-state index in [2.05, 4.69) is 4.98 Å². The molecule has 0 bridgehead atoms. The van der Waals surface area contributed by atoms with Gasteiger partial charge in [-0.3, -0.25) is 14.2 Å². The predicted molar refractivity (Wildman–Crippen MR) is 109 cm³/mol. The van der Waals surface area contributed by atoms with Gasteiger partial charge in [0.15, 0.2) is 9.84 Å². The zero-order valence-corrected chi connectivity index (χ0v) is 16.9. The Labute approximate surface area is 166 Å². The highest BCUT2D eigenvalue weighted by atomic mass is 32.2. The molecule has 146 valence electrons.